The summed E-state index contributed by atoms with van der Waals surface area (Å²) in [5.74, 6) is -0.244. The van der Waals surface area contributed by atoms with Crippen LogP contribution in [0.25, 0.3) is 6.08 Å². The minimum absolute atomic E-state index is 0.00414. The lowest BCUT2D eigenvalue weighted by Crippen LogP contribution is -2.58. The normalized spacial score (nSPS) is 13.1. The Morgan fingerprint density at radius 1 is 1.05 bits per heavy atom. The van der Waals surface area contributed by atoms with Crippen LogP contribution in [0.4, 0.5) is 10.5 Å². The fourth-order valence-electron chi connectivity index (χ4n) is 3.81. The van der Waals surface area contributed by atoms with Crippen LogP contribution >= 0.6 is 12.6 Å². The molecule has 2 aromatic rings. The largest absolute Gasteiger partial charge is 0.497 e. The number of anilines is 1. The van der Waals surface area contributed by atoms with Crippen molar-refractivity contribution in [2.24, 2.45) is 0 Å². The van der Waals surface area contributed by atoms with E-state index < -0.39 is 41.1 Å². The molecule has 8 nitrogen and oxygen atoms in total. The van der Waals surface area contributed by atoms with Crippen LogP contribution in [-0.2, 0) is 14.3 Å². The zero-order valence-electron chi connectivity index (χ0n) is 23.2. The second-order valence-electron chi connectivity index (χ2n) is 10.8. The summed E-state index contributed by atoms with van der Waals surface area (Å²) in [4.78, 5) is 41.9. The van der Waals surface area contributed by atoms with Crippen LogP contribution in [0.5, 0.6) is 5.75 Å². The van der Waals surface area contributed by atoms with Crippen molar-refractivity contribution in [3.63, 3.8) is 0 Å². The van der Waals surface area contributed by atoms with Gasteiger partial charge in [0.15, 0.2) is 0 Å². The summed E-state index contributed by atoms with van der Waals surface area (Å²) < 4.78 is 10.6. The number of rotatable bonds is 9. The first-order chi connectivity index (χ1) is 17.7. The smallest absolute Gasteiger partial charge is 0.408 e. The SMILES string of the molecule is C=Cc1cccc(C(C(=O)Nc2ccc(OC)cc2)N(C(=O)C(CS)NC(=O)OC(C)(C)C)C(C)(C)C)c1. The average Bonchev–Trinajstić information content (AvgIpc) is 2.83. The summed E-state index contributed by atoms with van der Waals surface area (Å²) in [5.41, 5.74) is 0.360. The highest BCUT2D eigenvalue weighted by Gasteiger charge is 2.41. The molecule has 0 bridgehead atoms. The summed E-state index contributed by atoms with van der Waals surface area (Å²) in [6, 6.07) is 12.1. The van der Waals surface area contributed by atoms with E-state index in [9.17, 15) is 14.4 Å². The number of carbonyl (C=O) groups excluding carboxylic acids is 3. The number of carbonyl (C=O) groups is 3. The van der Waals surface area contributed by atoms with Gasteiger partial charge in [0.25, 0.3) is 5.91 Å². The van der Waals surface area contributed by atoms with Gasteiger partial charge in [0, 0.05) is 17.0 Å². The topological polar surface area (TPSA) is 97.0 Å². The molecule has 2 rings (SSSR count). The Morgan fingerprint density at radius 3 is 2.18 bits per heavy atom. The third-order valence-electron chi connectivity index (χ3n) is 5.46. The molecule has 0 radical (unpaired) electrons. The van der Waals surface area contributed by atoms with Crippen molar-refractivity contribution in [2.45, 2.75) is 64.8 Å². The molecule has 38 heavy (non-hydrogen) atoms. The van der Waals surface area contributed by atoms with E-state index in [2.05, 4.69) is 29.8 Å². The number of hydrogen-bond acceptors (Lipinski definition) is 6. The highest BCUT2D eigenvalue weighted by Crippen LogP contribution is 2.32. The molecule has 0 fully saturated rings. The van der Waals surface area contributed by atoms with E-state index in [0.717, 1.165) is 5.56 Å². The number of amides is 3. The number of benzene rings is 2. The molecule has 2 unspecified atom stereocenters. The van der Waals surface area contributed by atoms with Crippen molar-refractivity contribution in [2.75, 3.05) is 18.2 Å². The molecule has 0 saturated carbocycles. The van der Waals surface area contributed by atoms with Gasteiger partial charge < -0.3 is 25.0 Å². The van der Waals surface area contributed by atoms with Crippen LogP contribution in [-0.4, -0.2) is 52.9 Å². The Morgan fingerprint density at radius 2 is 1.68 bits per heavy atom. The molecule has 0 aliphatic rings. The molecule has 206 valence electrons. The van der Waals surface area contributed by atoms with Crippen LogP contribution in [0.1, 0.15) is 58.7 Å². The predicted octanol–water partition coefficient (Wildman–Crippen LogP) is 5.47. The summed E-state index contributed by atoms with van der Waals surface area (Å²) in [7, 11) is 1.56. The molecule has 0 saturated heterocycles. The van der Waals surface area contributed by atoms with Gasteiger partial charge in [-0.1, -0.05) is 30.9 Å². The van der Waals surface area contributed by atoms with Crippen molar-refractivity contribution in [1.82, 2.24) is 10.2 Å². The van der Waals surface area contributed by atoms with E-state index >= 15 is 0 Å². The molecule has 0 aliphatic heterocycles. The molecule has 2 atom stereocenters. The zero-order valence-corrected chi connectivity index (χ0v) is 24.1. The zero-order chi connectivity index (χ0) is 28.7. The van der Waals surface area contributed by atoms with Crippen LogP contribution in [0, 0.1) is 0 Å². The van der Waals surface area contributed by atoms with E-state index in [-0.39, 0.29) is 5.75 Å². The fraction of sp³-hybridized carbons (Fsp3) is 0.414. The monoisotopic (exact) mass is 541 g/mol. The first kappa shape index (κ1) is 30.8. The van der Waals surface area contributed by atoms with Gasteiger partial charge in [-0.15, -0.1) is 0 Å². The van der Waals surface area contributed by atoms with Gasteiger partial charge >= 0.3 is 6.09 Å². The molecular weight excluding hydrogens is 502 g/mol. The lowest BCUT2D eigenvalue weighted by atomic mass is 9.94. The minimum atomic E-state index is -1.04. The van der Waals surface area contributed by atoms with Crippen LogP contribution in [0.3, 0.4) is 0 Å². The Hall–Kier alpha value is -3.46. The Balaban J connectivity index is 2.55. The van der Waals surface area contributed by atoms with E-state index in [1.54, 1.807) is 70.4 Å². The maximum absolute atomic E-state index is 14.0. The quantitative estimate of drug-likeness (QED) is 0.366. The lowest BCUT2D eigenvalue weighted by Gasteiger charge is -2.43. The summed E-state index contributed by atoms with van der Waals surface area (Å²) in [6.07, 6.45) is 0.929. The second kappa shape index (κ2) is 12.9. The van der Waals surface area contributed by atoms with Crippen molar-refractivity contribution in [1.29, 1.82) is 0 Å². The standard InChI is InChI=1S/C29H39N3O5S/c1-9-19-11-10-12-20(17-19)24(25(33)30-21-13-15-22(36-8)16-14-21)32(28(2,3)4)26(34)23(18-38)31-27(35)37-29(5,6)7/h9-17,23-24,38H,1,18H2,2-8H3,(H,30,33)(H,31,35). The van der Waals surface area contributed by atoms with Gasteiger partial charge in [-0.05, 0) is 83.0 Å². The molecule has 0 aliphatic carbocycles. The first-order valence-electron chi connectivity index (χ1n) is 12.3. The third-order valence-corrected chi connectivity index (χ3v) is 5.82. The maximum atomic E-state index is 14.0. The van der Waals surface area contributed by atoms with Gasteiger partial charge in [-0.2, -0.15) is 12.6 Å². The first-order valence-corrected chi connectivity index (χ1v) is 12.9. The average molecular weight is 542 g/mol. The third kappa shape index (κ3) is 8.55. The summed E-state index contributed by atoms with van der Waals surface area (Å²) >= 11 is 4.33. The van der Waals surface area contributed by atoms with E-state index in [0.29, 0.717) is 17.0 Å². The van der Waals surface area contributed by atoms with Gasteiger partial charge in [0.2, 0.25) is 5.91 Å². The molecule has 2 aromatic carbocycles. The molecule has 3 amide bonds. The number of ether oxygens (including phenoxy) is 2. The number of thiol groups is 1. The van der Waals surface area contributed by atoms with Crippen LogP contribution in [0.15, 0.2) is 55.1 Å². The van der Waals surface area contributed by atoms with Crippen LogP contribution in [0.2, 0.25) is 0 Å². The Bertz CT molecular complexity index is 1140. The molecule has 0 heterocycles. The molecule has 0 spiro atoms. The highest BCUT2D eigenvalue weighted by molar-refractivity contribution is 7.80. The summed E-state index contributed by atoms with van der Waals surface area (Å²) in [6.45, 7) is 14.5. The Kier molecular flexibility index (Phi) is 10.4. The number of hydrogen-bond donors (Lipinski definition) is 3. The van der Waals surface area contributed by atoms with Crippen LogP contribution < -0.4 is 15.4 Å². The second-order valence-corrected chi connectivity index (χ2v) is 11.1. The van der Waals surface area contributed by atoms with E-state index in [1.807, 2.05) is 32.9 Å². The van der Waals surface area contributed by atoms with Crippen molar-refractivity contribution < 1.29 is 23.9 Å². The van der Waals surface area contributed by atoms with E-state index in [1.165, 1.54) is 4.90 Å². The fourth-order valence-corrected chi connectivity index (χ4v) is 4.05. The van der Waals surface area contributed by atoms with E-state index in [4.69, 9.17) is 9.47 Å². The maximum Gasteiger partial charge on any atom is 0.408 e. The van der Waals surface area contributed by atoms with Gasteiger partial charge in [0.1, 0.15) is 23.4 Å². The lowest BCUT2D eigenvalue weighted by molar-refractivity contribution is -0.146. The number of alkyl carbamates (subject to hydrolysis) is 1. The molecule has 0 aromatic heterocycles. The number of nitrogens with zero attached hydrogens (tertiary/aromatic N) is 1. The van der Waals surface area contributed by atoms with Crippen molar-refractivity contribution >= 4 is 42.3 Å². The molecule has 2 N–H and O–H groups in total. The molecule has 9 heteroatoms. The number of nitrogens with one attached hydrogen (secondary N) is 2. The highest BCUT2D eigenvalue weighted by atomic mass is 32.1. The Labute approximate surface area is 231 Å². The summed E-state index contributed by atoms with van der Waals surface area (Å²) in [5, 5.41) is 5.54. The van der Waals surface area contributed by atoms with Gasteiger partial charge in [-0.3, -0.25) is 9.59 Å². The van der Waals surface area contributed by atoms with Crippen molar-refractivity contribution in [3.05, 3.63) is 66.2 Å². The molecular formula is C29H39N3O5S. The predicted molar refractivity (Wildman–Crippen MR) is 155 cm³/mol. The minimum Gasteiger partial charge on any atom is -0.497 e. The van der Waals surface area contributed by atoms with Gasteiger partial charge in [-0.25, -0.2) is 4.79 Å². The van der Waals surface area contributed by atoms with Crippen molar-refractivity contribution in [3.8, 4) is 5.75 Å². The number of methoxy groups -OCH3 is 1. The van der Waals surface area contributed by atoms with Gasteiger partial charge in [0.05, 0.1) is 7.11 Å².